The van der Waals surface area contributed by atoms with Crippen LogP contribution in [0.4, 0.5) is 0 Å². The molecule has 88 valence electrons. The fourth-order valence-electron chi connectivity index (χ4n) is 2.39. The van der Waals surface area contributed by atoms with Gasteiger partial charge in [-0.1, -0.05) is 18.2 Å². The molecule has 3 heteroatoms. The van der Waals surface area contributed by atoms with Crippen LogP contribution in [0.15, 0.2) is 36.5 Å². The molecule has 1 aliphatic heterocycles. The molecule has 0 saturated carbocycles. The Morgan fingerprint density at radius 2 is 2.22 bits per heavy atom. The van der Waals surface area contributed by atoms with Crippen molar-refractivity contribution in [1.29, 1.82) is 5.26 Å². The molecule has 3 rings (SSSR count). The van der Waals surface area contributed by atoms with Crippen molar-refractivity contribution < 1.29 is 0 Å². The lowest BCUT2D eigenvalue weighted by Gasteiger charge is -2.16. The first-order chi connectivity index (χ1) is 8.90. The van der Waals surface area contributed by atoms with E-state index in [2.05, 4.69) is 22.4 Å². The summed E-state index contributed by atoms with van der Waals surface area (Å²) >= 11 is 0. The van der Waals surface area contributed by atoms with Gasteiger partial charge in [-0.15, -0.1) is 0 Å². The molecular formula is C15H13N3. The van der Waals surface area contributed by atoms with E-state index in [1.807, 2.05) is 24.3 Å². The molecule has 0 saturated heterocycles. The highest BCUT2D eigenvalue weighted by Gasteiger charge is 2.11. The molecule has 0 amide bonds. The van der Waals surface area contributed by atoms with Crippen molar-refractivity contribution in [3.8, 4) is 6.07 Å². The van der Waals surface area contributed by atoms with Crippen molar-refractivity contribution in [2.75, 3.05) is 13.1 Å². The first kappa shape index (κ1) is 10.9. The maximum atomic E-state index is 9.12. The summed E-state index contributed by atoms with van der Waals surface area (Å²) in [4.78, 5) is 4.34. The molecule has 1 N–H and O–H groups in total. The first-order valence-electron chi connectivity index (χ1n) is 6.08. The van der Waals surface area contributed by atoms with Crippen molar-refractivity contribution in [1.82, 2.24) is 10.3 Å². The molecule has 2 heterocycles. The second-order valence-electron chi connectivity index (χ2n) is 4.37. The van der Waals surface area contributed by atoms with Crippen LogP contribution in [0.2, 0.25) is 0 Å². The molecule has 0 fully saturated rings. The average Bonchev–Trinajstić information content (AvgIpc) is 2.47. The molecule has 0 unspecified atom stereocenters. The van der Waals surface area contributed by atoms with Crippen LogP contribution in [-0.2, 0) is 0 Å². The van der Waals surface area contributed by atoms with E-state index >= 15 is 0 Å². The van der Waals surface area contributed by atoms with E-state index < -0.39 is 0 Å². The van der Waals surface area contributed by atoms with Gasteiger partial charge in [0.05, 0.1) is 11.1 Å². The summed E-state index contributed by atoms with van der Waals surface area (Å²) in [5.41, 5.74) is 3.91. The summed E-state index contributed by atoms with van der Waals surface area (Å²) in [5.74, 6) is 0. The fraction of sp³-hybridized carbons (Fsp3) is 0.200. The van der Waals surface area contributed by atoms with Gasteiger partial charge in [-0.25, -0.2) is 0 Å². The van der Waals surface area contributed by atoms with Crippen molar-refractivity contribution in [2.24, 2.45) is 0 Å². The summed E-state index contributed by atoms with van der Waals surface area (Å²) in [5, 5.41) is 13.6. The number of hydrogen-bond donors (Lipinski definition) is 1. The van der Waals surface area contributed by atoms with E-state index in [0.717, 1.165) is 30.4 Å². The molecule has 0 spiro atoms. The summed E-state index contributed by atoms with van der Waals surface area (Å²) in [6, 6.07) is 10.0. The Bertz CT molecular complexity index is 665. The van der Waals surface area contributed by atoms with Crippen LogP contribution < -0.4 is 5.32 Å². The number of hydrogen-bond acceptors (Lipinski definition) is 3. The van der Waals surface area contributed by atoms with Gasteiger partial charge in [-0.3, -0.25) is 4.98 Å². The standard InChI is InChI=1S/C15H13N3/c16-9-11-5-6-13(12-3-1-7-17-10-12)14-4-2-8-18-15(11)14/h2-6,8,17H,1,7,10H2. The SMILES string of the molecule is N#Cc1ccc(C2=CCCNC2)c2cccnc12. The molecule has 2 aromatic rings. The van der Waals surface area contributed by atoms with E-state index in [9.17, 15) is 0 Å². The molecule has 3 nitrogen and oxygen atoms in total. The Balaban J connectivity index is 2.25. The van der Waals surface area contributed by atoms with E-state index in [1.54, 1.807) is 6.20 Å². The van der Waals surface area contributed by atoms with E-state index in [0.29, 0.717) is 5.56 Å². The Kier molecular flexibility index (Phi) is 2.79. The van der Waals surface area contributed by atoms with Crippen LogP contribution in [0.1, 0.15) is 17.5 Å². The molecule has 0 radical (unpaired) electrons. The molecule has 1 aliphatic rings. The zero-order valence-electron chi connectivity index (χ0n) is 9.98. The largest absolute Gasteiger partial charge is 0.312 e. The highest BCUT2D eigenvalue weighted by Crippen LogP contribution is 2.27. The number of aromatic nitrogens is 1. The smallest absolute Gasteiger partial charge is 0.101 e. The molecule has 1 aromatic heterocycles. The topological polar surface area (TPSA) is 48.7 Å². The Morgan fingerprint density at radius 1 is 1.28 bits per heavy atom. The van der Waals surface area contributed by atoms with Gasteiger partial charge in [0.2, 0.25) is 0 Å². The van der Waals surface area contributed by atoms with Gasteiger partial charge in [0, 0.05) is 18.1 Å². The van der Waals surface area contributed by atoms with Crippen LogP contribution in [-0.4, -0.2) is 18.1 Å². The Labute approximate surface area is 106 Å². The third kappa shape index (κ3) is 1.77. The van der Waals surface area contributed by atoms with Gasteiger partial charge in [-0.05, 0) is 36.2 Å². The minimum Gasteiger partial charge on any atom is -0.312 e. The number of nitrogens with zero attached hydrogens (tertiary/aromatic N) is 2. The second kappa shape index (κ2) is 4.59. The molecular weight excluding hydrogens is 222 g/mol. The quantitative estimate of drug-likeness (QED) is 0.826. The third-order valence-corrected chi connectivity index (χ3v) is 3.26. The third-order valence-electron chi connectivity index (χ3n) is 3.26. The summed E-state index contributed by atoms with van der Waals surface area (Å²) in [6.45, 7) is 1.92. The van der Waals surface area contributed by atoms with Crippen molar-refractivity contribution in [3.63, 3.8) is 0 Å². The minimum absolute atomic E-state index is 0.638. The maximum Gasteiger partial charge on any atom is 0.101 e. The number of nitrogens with one attached hydrogen (secondary N) is 1. The van der Waals surface area contributed by atoms with Crippen LogP contribution in [0.5, 0.6) is 0 Å². The van der Waals surface area contributed by atoms with Crippen LogP contribution in [0.3, 0.4) is 0 Å². The highest BCUT2D eigenvalue weighted by molar-refractivity contribution is 5.95. The van der Waals surface area contributed by atoms with Gasteiger partial charge in [-0.2, -0.15) is 5.26 Å². The lowest BCUT2D eigenvalue weighted by molar-refractivity contribution is 0.739. The Hall–Kier alpha value is -2.18. The summed E-state index contributed by atoms with van der Waals surface area (Å²) < 4.78 is 0. The molecule has 0 bridgehead atoms. The Morgan fingerprint density at radius 3 is 3.00 bits per heavy atom. The zero-order chi connectivity index (χ0) is 12.4. The van der Waals surface area contributed by atoms with Gasteiger partial charge in [0.1, 0.15) is 6.07 Å². The van der Waals surface area contributed by atoms with E-state index in [1.165, 1.54) is 11.1 Å². The second-order valence-corrected chi connectivity index (χ2v) is 4.37. The monoisotopic (exact) mass is 235 g/mol. The number of rotatable bonds is 1. The van der Waals surface area contributed by atoms with Crippen molar-refractivity contribution >= 4 is 16.5 Å². The van der Waals surface area contributed by atoms with Crippen LogP contribution >= 0.6 is 0 Å². The predicted molar refractivity (Wildman–Crippen MR) is 71.9 cm³/mol. The highest BCUT2D eigenvalue weighted by atomic mass is 14.9. The average molecular weight is 235 g/mol. The molecule has 18 heavy (non-hydrogen) atoms. The number of fused-ring (bicyclic) bond motifs is 1. The fourth-order valence-corrected chi connectivity index (χ4v) is 2.39. The predicted octanol–water partition coefficient (Wildman–Crippen LogP) is 2.48. The van der Waals surface area contributed by atoms with Gasteiger partial charge < -0.3 is 5.32 Å². The van der Waals surface area contributed by atoms with E-state index in [-0.39, 0.29) is 0 Å². The lowest BCUT2D eigenvalue weighted by atomic mass is 9.96. The van der Waals surface area contributed by atoms with Crippen LogP contribution in [0, 0.1) is 11.3 Å². The number of nitriles is 1. The minimum atomic E-state index is 0.638. The number of benzene rings is 1. The van der Waals surface area contributed by atoms with E-state index in [4.69, 9.17) is 5.26 Å². The summed E-state index contributed by atoms with van der Waals surface area (Å²) in [6.07, 6.45) is 5.06. The first-order valence-corrected chi connectivity index (χ1v) is 6.08. The molecule has 1 aromatic carbocycles. The van der Waals surface area contributed by atoms with Gasteiger partial charge in [0.15, 0.2) is 0 Å². The molecule has 0 atom stereocenters. The van der Waals surface area contributed by atoms with Crippen molar-refractivity contribution in [2.45, 2.75) is 6.42 Å². The van der Waals surface area contributed by atoms with Gasteiger partial charge >= 0.3 is 0 Å². The number of pyridine rings is 1. The summed E-state index contributed by atoms with van der Waals surface area (Å²) in [7, 11) is 0. The van der Waals surface area contributed by atoms with Crippen LogP contribution in [0.25, 0.3) is 16.5 Å². The lowest BCUT2D eigenvalue weighted by Crippen LogP contribution is -2.21. The van der Waals surface area contributed by atoms with Crippen molar-refractivity contribution in [3.05, 3.63) is 47.7 Å². The molecule has 0 aliphatic carbocycles. The zero-order valence-corrected chi connectivity index (χ0v) is 9.98. The van der Waals surface area contributed by atoms with Gasteiger partial charge in [0.25, 0.3) is 0 Å². The maximum absolute atomic E-state index is 9.12. The normalized spacial score (nSPS) is 15.2.